The summed E-state index contributed by atoms with van der Waals surface area (Å²) in [5.41, 5.74) is 1.37. The number of rotatable bonds is 0. The van der Waals surface area contributed by atoms with Crippen LogP contribution in [0, 0.1) is 0 Å². The minimum Gasteiger partial charge on any atom is -0.312 e. The molecule has 4 heteroatoms. The van der Waals surface area contributed by atoms with E-state index >= 15 is 0 Å². The van der Waals surface area contributed by atoms with Gasteiger partial charge in [-0.25, -0.2) is 4.79 Å². The molecule has 1 N–H and O–H groups in total. The first-order chi connectivity index (χ1) is 11.8. The van der Waals surface area contributed by atoms with E-state index in [2.05, 4.69) is 9.97 Å². The number of hydrogen-bond donors (Lipinski definition) is 1. The molecule has 2 bridgehead atoms. The zero-order valence-corrected chi connectivity index (χ0v) is 13.0. The van der Waals surface area contributed by atoms with Crippen molar-refractivity contribution >= 4 is 16.4 Å². The summed E-state index contributed by atoms with van der Waals surface area (Å²) in [6, 6.07) is 25.1. The number of imidazole rings is 1. The van der Waals surface area contributed by atoms with Crippen molar-refractivity contribution in [3.63, 3.8) is 0 Å². The van der Waals surface area contributed by atoms with Crippen molar-refractivity contribution < 1.29 is 0 Å². The summed E-state index contributed by atoms with van der Waals surface area (Å²) < 4.78 is 1.61. The topological polar surface area (TPSA) is 50.2 Å². The first-order valence-electron chi connectivity index (χ1n) is 7.62. The van der Waals surface area contributed by atoms with Crippen LogP contribution in [0.1, 0.15) is 0 Å². The van der Waals surface area contributed by atoms with Gasteiger partial charge in [-0.15, -0.1) is 0 Å². The molecule has 4 aromatic rings. The number of fused-ring (bicyclic) bond motifs is 13. The molecule has 0 fully saturated rings. The highest BCUT2D eigenvalue weighted by atomic mass is 16.1. The smallest absolute Gasteiger partial charge is 0.312 e. The zero-order chi connectivity index (χ0) is 16.6. The fraction of sp³-hybridized carbons (Fsp3) is 0. The quantitative estimate of drug-likeness (QED) is 0.682. The SMILES string of the molecule is O=c1[nH]cc2ccncccccccccc3ccc(cc3)n12. The molecule has 1 aromatic carbocycles. The molecule has 0 aliphatic carbocycles. The van der Waals surface area contributed by atoms with Crippen molar-refractivity contribution in [2.24, 2.45) is 0 Å². The third kappa shape index (κ3) is 3.87. The number of aromatic amines is 1. The molecule has 0 radical (unpaired) electrons. The molecule has 3 aromatic heterocycles. The molecule has 0 aliphatic rings. The Morgan fingerprint density at radius 1 is 0.708 bits per heavy atom. The van der Waals surface area contributed by atoms with Gasteiger partial charge < -0.3 is 4.98 Å². The second kappa shape index (κ2) is 7.74. The molecule has 4 nitrogen and oxygen atoms in total. The highest BCUT2D eigenvalue weighted by Gasteiger charge is 1.96. The van der Waals surface area contributed by atoms with Crippen LogP contribution < -0.4 is 5.69 Å². The average molecular weight is 315 g/mol. The third-order valence-electron chi connectivity index (χ3n) is 3.41. The Labute approximate surface area is 139 Å². The van der Waals surface area contributed by atoms with Crippen molar-refractivity contribution in [2.45, 2.75) is 0 Å². The highest BCUT2D eigenvalue weighted by Crippen LogP contribution is 2.06. The second-order valence-corrected chi connectivity index (χ2v) is 5.07. The predicted molar refractivity (Wildman–Crippen MR) is 97.4 cm³/mol. The van der Waals surface area contributed by atoms with Gasteiger partial charge in [0.1, 0.15) is 0 Å². The highest BCUT2D eigenvalue weighted by molar-refractivity contribution is 5.62. The molecular formula is C20H17N3O. The summed E-state index contributed by atoms with van der Waals surface area (Å²) in [6.07, 6.45) is 5.02. The van der Waals surface area contributed by atoms with Crippen LogP contribution in [0.4, 0.5) is 0 Å². The second-order valence-electron chi connectivity index (χ2n) is 5.07. The predicted octanol–water partition coefficient (Wildman–Crippen LogP) is 3.99. The maximum Gasteiger partial charge on any atom is 0.330 e. The normalized spacial score (nSPS) is 9.83. The number of H-pyrrole nitrogens is 1. The molecule has 0 unspecified atom stereocenters. The van der Waals surface area contributed by atoms with Gasteiger partial charge in [-0.2, -0.15) is 0 Å². The maximum absolute atomic E-state index is 12.1. The molecule has 0 spiro atoms. The van der Waals surface area contributed by atoms with Gasteiger partial charge in [0.2, 0.25) is 0 Å². The standard InChI is InChI=1S/C20H17N3O/c24-20-22-16-19-13-15-21-14-7-5-3-1-2-4-6-8-17-9-11-18(12-10-17)23(19)20/h1-16H,(H,22,24). The molecule has 0 atom stereocenters. The minimum atomic E-state index is -0.177. The van der Waals surface area contributed by atoms with Crippen molar-refractivity contribution in [3.8, 4) is 0 Å². The molecule has 0 aliphatic heterocycles. The summed E-state index contributed by atoms with van der Waals surface area (Å²) in [7, 11) is 0. The Kier molecular flexibility index (Phi) is 5.00. The lowest BCUT2D eigenvalue weighted by Crippen LogP contribution is -2.08. The van der Waals surface area contributed by atoms with Crippen LogP contribution in [0.5, 0.6) is 0 Å². The summed E-state index contributed by atoms with van der Waals surface area (Å²) in [5.74, 6) is 0. The monoisotopic (exact) mass is 315 g/mol. The Hall–Kier alpha value is -3.40. The molecule has 0 amide bonds. The van der Waals surface area contributed by atoms with Crippen LogP contribution in [-0.4, -0.2) is 14.4 Å². The molecular weight excluding hydrogens is 298 g/mol. The average Bonchev–Trinajstić information content (AvgIpc) is 2.96. The largest absolute Gasteiger partial charge is 0.330 e. The van der Waals surface area contributed by atoms with Crippen LogP contribution in [0.25, 0.3) is 16.4 Å². The van der Waals surface area contributed by atoms with Crippen molar-refractivity contribution in [3.05, 3.63) is 108 Å². The van der Waals surface area contributed by atoms with E-state index in [4.69, 9.17) is 0 Å². The Morgan fingerprint density at radius 2 is 1.42 bits per heavy atom. The van der Waals surface area contributed by atoms with Gasteiger partial charge in [0.15, 0.2) is 0 Å². The van der Waals surface area contributed by atoms with E-state index in [9.17, 15) is 4.79 Å². The summed E-state index contributed by atoms with van der Waals surface area (Å²) in [6.45, 7) is 0. The minimum absolute atomic E-state index is 0.177. The van der Waals surface area contributed by atoms with Gasteiger partial charge in [-0.1, -0.05) is 54.6 Å². The van der Waals surface area contributed by atoms with Crippen molar-refractivity contribution in [2.75, 3.05) is 0 Å². The van der Waals surface area contributed by atoms with E-state index in [0.29, 0.717) is 0 Å². The molecule has 24 heavy (non-hydrogen) atoms. The lowest BCUT2D eigenvalue weighted by Gasteiger charge is -1.93. The van der Waals surface area contributed by atoms with E-state index in [1.165, 1.54) is 0 Å². The van der Waals surface area contributed by atoms with E-state index < -0.39 is 0 Å². The maximum atomic E-state index is 12.1. The Morgan fingerprint density at radius 3 is 2.21 bits per heavy atom. The summed E-state index contributed by atoms with van der Waals surface area (Å²) in [5, 5.41) is 1.07. The van der Waals surface area contributed by atoms with Crippen LogP contribution >= 0.6 is 0 Å². The first-order valence-corrected chi connectivity index (χ1v) is 7.62. The molecule has 118 valence electrons. The summed E-state index contributed by atoms with van der Waals surface area (Å²) in [4.78, 5) is 19.0. The van der Waals surface area contributed by atoms with Gasteiger partial charge in [0, 0.05) is 18.6 Å². The Balaban J connectivity index is 2.29. The molecule has 3 heterocycles. The van der Waals surface area contributed by atoms with Gasteiger partial charge in [-0.05, 0) is 29.7 Å². The third-order valence-corrected chi connectivity index (χ3v) is 3.41. The lowest BCUT2D eigenvalue weighted by atomic mass is 10.2. The van der Waals surface area contributed by atoms with Crippen LogP contribution in [-0.2, 0) is 0 Å². The molecule has 0 saturated heterocycles. The van der Waals surface area contributed by atoms with E-state index in [1.807, 2.05) is 72.8 Å². The lowest BCUT2D eigenvalue weighted by molar-refractivity contribution is 1.11. The van der Waals surface area contributed by atoms with Crippen molar-refractivity contribution in [1.29, 1.82) is 0 Å². The van der Waals surface area contributed by atoms with Gasteiger partial charge >= 0.3 is 5.69 Å². The fourth-order valence-electron chi connectivity index (χ4n) is 2.26. The first kappa shape index (κ1) is 15.5. The number of nitrogens with one attached hydrogen (secondary N) is 1. The van der Waals surface area contributed by atoms with Crippen LogP contribution in [0.2, 0.25) is 0 Å². The molecule has 0 saturated carbocycles. The van der Waals surface area contributed by atoms with Crippen LogP contribution in [0.15, 0.2) is 102 Å². The number of hydrogen-bond acceptors (Lipinski definition) is 2. The fourth-order valence-corrected chi connectivity index (χ4v) is 2.26. The molecule has 4 rings (SSSR count). The van der Waals surface area contributed by atoms with Gasteiger partial charge in [0.05, 0.1) is 11.0 Å². The van der Waals surface area contributed by atoms with Gasteiger partial charge in [0.25, 0.3) is 0 Å². The number of aromatic nitrogens is 3. The van der Waals surface area contributed by atoms with Gasteiger partial charge in [-0.3, -0.25) is 9.38 Å². The zero-order valence-electron chi connectivity index (χ0n) is 13.0. The Bertz CT molecular complexity index is 1030. The number of nitrogens with zero attached hydrogens (tertiary/aromatic N) is 2. The van der Waals surface area contributed by atoms with Crippen molar-refractivity contribution in [1.82, 2.24) is 14.4 Å². The summed E-state index contributed by atoms with van der Waals surface area (Å²) >= 11 is 0. The van der Waals surface area contributed by atoms with E-state index in [1.54, 1.807) is 29.1 Å². The van der Waals surface area contributed by atoms with E-state index in [0.717, 1.165) is 16.4 Å². The van der Waals surface area contributed by atoms with Crippen LogP contribution in [0.3, 0.4) is 0 Å². The number of benzene rings is 1. The van der Waals surface area contributed by atoms with E-state index in [-0.39, 0.29) is 5.69 Å².